The molecule has 3 aromatic rings. The molecule has 1 saturated heterocycles. The van der Waals surface area contributed by atoms with Crippen molar-refractivity contribution in [1.29, 1.82) is 0 Å². The molecule has 0 bridgehead atoms. The van der Waals surface area contributed by atoms with Gasteiger partial charge in [0.1, 0.15) is 5.75 Å². The zero-order valence-corrected chi connectivity index (χ0v) is 17.0. The van der Waals surface area contributed by atoms with Gasteiger partial charge in [0.2, 0.25) is 0 Å². The van der Waals surface area contributed by atoms with Crippen LogP contribution in [0.2, 0.25) is 0 Å². The Bertz CT molecular complexity index is 1140. The number of nitrogens with zero attached hydrogens (tertiary/aromatic N) is 2. The summed E-state index contributed by atoms with van der Waals surface area (Å²) >= 11 is 1.31. The van der Waals surface area contributed by atoms with Crippen LogP contribution in [0.3, 0.4) is 0 Å². The van der Waals surface area contributed by atoms with E-state index in [1.54, 1.807) is 29.2 Å². The Kier molecular flexibility index (Phi) is 5.77. The van der Waals surface area contributed by atoms with E-state index in [1.165, 1.54) is 18.7 Å². The van der Waals surface area contributed by atoms with Gasteiger partial charge in [-0.2, -0.15) is 0 Å². The van der Waals surface area contributed by atoms with E-state index in [-0.39, 0.29) is 5.91 Å². The van der Waals surface area contributed by atoms with Crippen LogP contribution in [0.15, 0.2) is 94.8 Å². The molecule has 0 N–H and O–H groups in total. The smallest absolute Gasteiger partial charge is 0.308 e. The number of hydrogen-bond donors (Lipinski definition) is 0. The highest BCUT2D eigenvalue weighted by molar-refractivity contribution is 8.19. The largest absolute Gasteiger partial charge is 0.427 e. The van der Waals surface area contributed by atoms with E-state index < -0.39 is 5.97 Å². The van der Waals surface area contributed by atoms with Crippen LogP contribution in [0.5, 0.6) is 5.75 Å². The fraction of sp³-hybridized carbons (Fsp3) is 0.0417. The summed E-state index contributed by atoms with van der Waals surface area (Å²) in [6.07, 6.45) is 1.78. The van der Waals surface area contributed by atoms with Crippen molar-refractivity contribution in [3.63, 3.8) is 0 Å². The summed E-state index contributed by atoms with van der Waals surface area (Å²) in [5.41, 5.74) is 2.28. The molecule has 1 fully saturated rings. The summed E-state index contributed by atoms with van der Waals surface area (Å²) in [5, 5.41) is 0.583. The molecule has 0 radical (unpaired) electrons. The van der Waals surface area contributed by atoms with Gasteiger partial charge in [-0.1, -0.05) is 48.5 Å². The van der Waals surface area contributed by atoms with Crippen molar-refractivity contribution in [3.8, 4) is 5.75 Å². The van der Waals surface area contributed by atoms with Crippen molar-refractivity contribution in [2.24, 2.45) is 4.99 Å². The van der Waals surface area contributed by atoms with E-state index >= 15 is 0 Å². The first-order valence-electron chi connectivity index (χ1n) is 9.31. The summed E-state index contributed by atoms with van der Waals surface area (Å²) in [6.45, 7) is 1.35. The van der Waals surface area contributed by atoms with Crippen LogP contribution in [0, 0.1) is 0 Å². The van der Waals surface area contributed by atoms with Gasteiger partial charge in [0.05, 0.1) is 16.3 Å². The normalized spacial score (nSPS) is 16.3. The SMILES string of the molecule is CC(=O)Oc1cccc(/C=C2/SC(=Nc3ccccc3)N(c3ccccc3)C2=O)c1. The zero-order valence-electron chi connectivity index (χ0n) is 16.2. The predicted molar refractivity (Wildman–Crippen MR) is 121 cm³/mol. The number of aliphatic imine (C=N–C) groups is 1. The van der Waals surface area contributed by atoms with Gasteiger partial charge < -0.3 is 4.74 Å². The van der Waals surface area contributed by atoms with Crippen LogP contribution in [0.25, 0.3) is 6.08 Å². The monoisotopic (exact) mass is 414 g/mol. The molecule has 1 aliphatic heterocycles. The Hall–Kier alpha value is -3.64. The number of carbonyl (C=O) groups excluding carboxylic acids is 2. The van der Waals surface area contributed by atoms with Crippen molar-refractivity contribution < 1.29 is 14.3 Å². The first kappa shape index (κ1) is 19.7. The molecule has 148 valence electrons. The van der Waals surface area contributed by atoms with Gasteiger partial charge in [-0.3, -0.25) is 14.5 Å². The highest BCUT2D eigenvalue weighted by atomic mass is 32.2. The number of amides is 1. The maximum atomic E-state index is 13.2. The quantitative estimate of drug-likeness (QED) is 0.325. The van der Waals surface area contributed by atoms with Crippen LogP contribution < -0.4 is 9.64 Å². The van der Waals surface area contributed by atoms with Gasteiger partial charge in [0, 0.05) is 6.92 Å². The average molecular weight is 414 g/mol. The van der Waals surface area contributed by atoms with Gasteiger partial charge in [-0.25, -0.2) is 4.99 Å². The van der Waals surface area contributed by atoms with Gasteiger partial charge in [0.15, 0.2) is 5.17 Å². The lowest BCUT2D eigenvalue weighted by atomic mass is 10.2. The minimum absolute atomic E-state index is 0.154. The Morgan fingerprint density at radius 1 is 0.967 bits per heavy atom. The second-order valence-electron chi connectivity index (χ2n) is 6.48. The van der Waals surface area contributed by atoms with Crippen LogP contribution in [-0.2, 0) is 9.59 Å². The molecule has 0 unspecified atom stereocenters. The average Bonchev–Trinajstić information content (AvgIpc) is 3.04. The molecular weight excluding hydrogens is 396 g/mol. The Balaban J connectivity index is 1.72. The first-order chi connectivity index (χ1) is 14.6. The summed E-state index contributed by atoms with van der Waals surface area (Å²) in [5.74, 6) is -0.109. The minimum atomic E-state index is -0.390. The summed E-state index contributed by atoms with van der Waals surface area (Å²) in [4.78, 5) is 31.3. The lowest BCUT2D eigenvalue weighted by Crippen LogP contribution is -2.28. The molecule has 4 rings (SSSR count). The van der Waals surface area contributed by atoms with E-state index in [9.17, 15) is 9.59 Å². The van der Waals surface area contributed by atoms with Gasteiger partial charge in [0.25, 0.3) is 5.91 Å². The topological polar surface area (TPSA) is 59.0 Å². The molecule has 0 saturated carbocycles. The molecule has 0 aromatic heterocycles. The molecule has 1 aliphatic rings. The number of hydrogen-bond acceptors (Lipinski definition) is 5. The van der Waals surface area contributed by atoms with Crippen molar-refractivity contribution in [3.05, 3.63) is 95.4 Å². The van der Waals surface area contributed by atoms with Crippen LogP contribution in [0.4, 0.5) is 11.4 Å². The van der Waals surface area contributed by atoms with Crippen molar-refractivity contribution in [2.45, 2.75) is 6.92 Å². The molecule has 6 heteroatoms. The number of thioether (sulfide) groups is 1. The number of amidine groups is 1. The number of ether oxygens (including phenoxy) is 1. The van der Waals surface area contributed by atoms with E-state index in [4.69, 9.17) is 4.74 Å². The number of anilines is 1. The van der Waals surface area contributed by atoms with Crippen molar-refractivity contribution in [2.75, 3.05) is 4.90 Å². The van der Waals surface area contributed by atoms with Crippen molar-refractivity contribution >= 4 is 46.3 Å². The lowest BCUT2D eigenvalue weighted by Gasteiger charge is -2.15. The van der Waals surface area contributed by atoms with Crippen molar-refractivity contribution in [1.82, 2.24) is 0 Å². The fourth-order valence-corrected chi connectivity index (χ4v) is 3.95. The molecular formula is C24H18N2O3S. The number of carbonyl (C=O) groups is 2. The van der Waals surface area contributed by atoms with E-state index in [1.807, 2.05) is 66.7 Å². The Labute approximate surface area is 178 Å². The minimum Gasteiger partial charge on any atom is -0.427 e. The second kappa shape index (κ2) is 8.80. The molecule has 0 aliphatic carbocycles. The maximum absolute atomic E-state index is 13.2. The zero-order chi connectivity index (χ0) is 20.9. The molecule has 1 heterocycles. The molecule has 3 aromatic carbocycles. The summed E-state index contributed by atoms with van der Waals surface area (Å²) < 4.78 is 5.14. The third-order valence-electron chi connectivity index (χ3n) is 4.22. The Morgan fingerprint density at radius 2 is 1.67 bits per heavy atom. The molecule has 0 atom stereocenters. The molecule has 1 amide bonds. The number of rotatable bonds is 4. The van der Waals surface area contributed by atoms with E-state index in [0.29, 0.717) is 15.8 Å². The Morgan fingerprint density at radius 3 is 2.37 bits per heavy atom. The van der Waals surface area contributed by atoms with Gasteiger partial charge in [-0.05, 0) is 59.8 Å². The van der Waals surface area contributed by atoms with E-state index in [0.717, 1.165) is 16.9 Å². The number of benzene rings is 3. The predicted octanol–water partition coefficient (Wildman–Crippen LogP) is 5.42. The lowest BCUT2D eigenvalue weighted by molar-refractivity contribution is -0.131. The van der Waals surface area contributed by atoms with Gasteiger partial charge in [-0.15, -0.1) is 0 Å². The van der Waals surface area contributed by atoms with Crippen LogP contribution in [0.1, 0.15) is 12.5 Å². The highest BCUT2D eigenvalue weighted by Crippen LogP contribution is 2.37. The van der Waals surface area contributed by atoms with Crippen LogP contribution in [-0.4, -0.2) is 17.0 Å². The standard InChI is InChI=1S/C24H18N2O3S/c1-17(27)29-21-14-8-9-18(15-21)16-22-23(28)26(20-12-6-3-7-13-20)24(30-22)25-19-10-4-2-5-11-19/h2-16H,1H3/b22-16+,25-24?. The second-order valence-corrected chi connectivity index (χ2v) is 7.49. The number of para-hydroxylation sites is 2. The highest BCUT2D eigenvalue weighted by Gasteiger charge is 2.34. The third kappa shape index (κ3) is 4.50. The van der Waals surface area contributed by atoms with Crippen LogP contribution >= 0.6 is 11.8 Å². The fourth-order valence-electron chi connectivity index (χ4n) is 2.95. The number of esters is 1. The first-order valence-corrected chi connectivity index (χ1v) is 10.1. The summed E-state index contributed by atoms with van der Waals surface area (Å²) in [7, 11) is 0. The third-order valence-corrected chi connectivity index (χ3v) is 5.19. The van der Waals surface area contributed by atoms with Gasteiger partial charge >= 0.3 is 5.97 Å². The molecule has 0 spiro atoms. The summed E-state index contributed by atoms with van der Waals surface area (Å²) in [6, 6.07) is 26.0. The van der Waals surface area contributed by atoms with E-state index in [2.05, 4.69) is 4.99 Å². The maximum Gasteiger partial charge on any atom is 0.308 e. The molecule has 5 nitrogen and oxygen atoms in total. The molecule has 30 heavy (non-hydrogen) atoms.